The Morgan fingerprint density at radius 2 is 1.28 bits per heavy atom. The van der Waals surface area contributed by atoms with Crippen LogP contribution in [-0.4, -0.2) is 0 Å². The number of benzene rings is 4. The van der Waals surface area contributed by atoms with Gasteiger partial charge in [-0.05, 0) is 52.7 Å². The van der Waals surface area contributed by atoms with Crippen molar-refractivity contribution in [1.82, 2.24) is 0 Å². The van der Waals surface area contributed by atoms with Crippen LogP contribution in [0.5, 0.6) is 5.75 Å². The van der Waals surface area contributed by atoms with Crippen molar-refractivity contribution in [1.29, 1.82) is 0 Å². The molecule has 4 aromatic carbocycles. The SMILES string of the molecule is c1ccc(Nc2ccc(OCc3cccc4ccccc34)cc2)cc1. The lowest BCUT2D eigenvalue weighted by Gasteiger charge is -2.10. The van der Waals surface area contributed by atoms with Gasteiger partial charge in [0, 0.05) is 11.4 Å². The standard InChI is InChI=1S/C23H19NO/c1-2-10-20(11-3-1)24-21-13-15-22(16-14-21)25-17-19-9-6-8-18-7-4-5-12-23(18)19/h1-16,24H,17H2. The van der Waals surface area contributed by atoms with Crippen LogP contribution in [0.3, 0.4) is 0 Å². The van der Waals surface area contributed by atoms with Gasteiger partial charge in [0.2, 0.25) is 0 Å². The summed E-state index contributed by atoms with van der Waals surface area (Å²) in [5.41, 5.74) is 3.32. The van der Waals surface area contributed by atoms with Crippen LogP contribution in [0, 0.1) is 0 Å². The molecule has 0 spiro atoms. The Bertz CT molecular complexity index is 957. The minimum atomic E-state index is 0.562. The average molecular weight is 325 g/mol. The van der Waals surface area contributed by atoms with Crippen LogP contribution in [0.2, 0.25) is 0 Å². The van der Waals surface area contributed by atoms with E-state index in [0.29, 0.717) is 6.61 Å². The molecule has 0 amide bonds. The van der Waals surface area contributed by atoms with Crippen molar-refractivity contribution in [2.45, 2.75) is 6.61 Å². The highest BCUT2D eigenvalue weighted by Gasteiger charge is 2.02. The minimum Gasteiger partial charge on any atom is -0.489 e. The van der Waals surface area contributed by atoms with Crippen molar-refractivity contribution >= 4 is 22.1 Å². The average Bonchev–Trinajstić information content (AvgIpc) is 2.68. The zero-order valence-corrected chi connectivity index (χ0v) is 13.9. The Hall–Kier alpha value is -3.26. The number of ether oxygens (including phenoxy) is 1. The van der Waals surface area contributed by atoms with E-state index in [2.05, 4.69) is 47.8 Å². The van der Waals surface area contributed by atoms with Gasteiger partial charge in [0.25, 0.3) is 0 Å². The highest BCUT2D eigenvalue weighted by molar-refractivity contribution is 5.85. The largest absolute Gasteiger partial charge is 0.489 e. The first-order chi connectivity index (χ1) is 12.4. The highest BCUT2D eigenvalue weighted by atomic mass is 16.5. The van der Waals surface area contributed by atoms with E-state index >= 15 is 0 Å². The molecule has 0 aliphatic carbocycles. The van der Waals surface area contributed by atoms with E-state index in [1.54, 1.807) is 0 Å². The molecule has 1 N–H and O–H groups in total. The fourth-order valence-electron chi connectivity index (χ4n) is 2.90. The molecule has 25 heavy (non-hydrogen) atoms. The normalized spacial score (nSPS) is 10.6. The maximum atomic E-state index is 5.98. The van der Waals surface area contributed by atoms with Gasteiger partial charge in [-0.2, -0.15) is 0 Å². The van der Waals surface area contributed by atoms with Crippen LogP contribution in [-0.2, 0) is 6.61 Å². The summed E-state index contributed by atoms with van der Waals surface area (Å²) in [6.07, 6.45) is 0. The third-order valence-corrected chi connectivity index (χ3v) is 4.19. The molecule has 0 aromatic heterocycles. The molecule has 0 unspecified atom stereocenters. The Morgan fingerprint density at radius 3 is 2.12 bits per heavy atom. The maximum absolute atomic E-state index is 5.98. The molecule has 122 valence electrons. The lowest BCUT2D eigenvalue weighted by Crippen LogP contribution is -1.96. The molecule has 0 aliphatic heterocycles. The zero-order chi connectivity index (χ0) is 16.9. The molecule has 2 nitrogen and oxygen atoms in total. The quantitative estimate of drug-likeness (QED) is 0.474. The summed E-state index contributed by atoms with van der Waals surface area (Å²) >= 11 is 0. The van der Waals surface area contributed by atoms with Crippen LogP contribution in [0.25, 0.3) is 10.8 Å². The topological polar surface area (TPSA) is 21.3 Å². The summed E-state index contributed by atoms with van der Waals surface area (Å²) in [5.74, 6) is 0.867. The first-order valence-corrected chi connectivity index (χ1v) is 8.40. The summed E-state index contributed by atoms with van der Waals surface area (Å²) in [6.45, 7) is 0.562. The first-order valence-electron chi connectivity index (χ1n) is 8.40. The van der Waals surface area contributed by atoms with E-state index in [9.17, 15) is 0 Å². The molecule has 4 rings (SSSR count). The second-order valence-corrected chi connectivity index (χ2v) is 5.94. The fraction of sp³-hybridized carbons (Fsp3) is 0.0435. The molecular weight excluding hydrogens is 306 g/mol. The number of anilines is 2. The van der Waals surface area contributed by atoms with Crippen molar-refractivity contribution in [3.05, 3.63) is 103 Å². The number of hydrogen-bond acceptors (Lipinski definition) is 2. The Labute approximate surface area is 147 Å². The van der Waals surface area contributed by atoms with Gasteiger partial charge in [0.15, 0.2) is 0 Å². The van der Waals surface area contributed by atoms with Crippen molar-refractivity contribution in [2.24, 2.45) is 0 Å². The van der Waals surface area contributed by atoms with Crippen LogP contribution in [0.4, 0.5) is 11.4 Å². The number of nitrogens with one attached hydrogen (secondary N) is 1. The van der Waals surface area contributed by atoms with Crippen LogP contribution < -0.4 is 10.1 Å². The lowest BCUT2D eigenvalue weighted by molar-refractivity contribution is 0.308. The second-order valence-electron chi connectivity index (χ2n) is 5.94. The van der Waals surface area contributed by atoms with E-state index in [1.807, 2.05) is 54.6 Å². The third kappa shape index (κ3) is 3.64. The summed E-state index contributed by atoms with van der Waals surface area (Å²) in [6, 6.07) is 32.9. The predicted molar refractivity (Wildman–Crippen MR) is 104 cm³/mol. The number of hydrogen-bond donors (Lipinski definition) is 1. The van der Waals surface area contributed by atoms with Gasteiger partial charge in [-0.1, -0.05) is 60.7 Å². The molecule has 2 heteroatoms. The molecular formula is C23H19NO. The van der Waals surface area contributed by atoms with Crippen LogP contribution in [0.15, 0.2) is 97.1 Å². The zero-order valence-electron chi connectivity index (χ0n) is 13.9. The Morgan fingerprint density at radius 1 is 0.600 bits per heavy atom. The number of fused-ring (bicyclic) bond motifs is 1. The van der Waals surface area contributed by atoms with Gasteiger partial charge in [-0.25, -0.2) is 0 Å². The van der Waals surface area contributed by atoms with Crippen molar-refractivity contribution in [3.63, 3.8) is 0 Å². The van der Waals surface area contributed by atoms with E-state index in [0.717, 1.165) is 17.1 Å². The minimum absolute atomic E-state index is 0.562. The lowest BCUT2D eigenvalue weighted by atomic mass is 10.1. The van der Waals surface area contributed by atoms with Gasteiger partial charge in [0.05, 0.1) is 0 Å². The molecule has 0 bridgehead atoms. The van der Waals surface area contributed by atoms with E-state index < -0.39 is 0 Å². The van der Waals surface area contributed by atoms with Gasteiger partial charge < -0.3 is 10.1 Å². The molecule has 0 heterocycles. The van der Waals surface area contributed by atoms with Gasteiger partial charge in [0.1, 0.15) is 12.4 Å². The predicted octanol–water partition coefficient (Wildman–Crippen LogP) is 6.16. The number of para-hydroxylation sites is 1. The summed E-state index contributed by atoms with van der Waals surface area (Å²) in [4.78, 5) is 0. The summed E-state index contributed by atoms with van der Waals surface area (Å²) in [7, 11) is 0. The molecule has 0 saturated heterocycles. The number of rotatable bonds is 5. The summed E-state index contributed by atoms with van der Waals surface area (Å²) < 4.78 is 5.98. The van der Waals surface area contributed by atoms with Crippen LogP contribution >= 0.6 is 0 Å². The Kier molecular flexibility index (Phi) is 4.34. The molecule has 0 fully saturated rings. The van der Waals surface area contributed by atoms with Crippen molar-refractivity contribution in [2.75, 3.05) is 5.32 Å². The molecule has 0 aliphatic rings. The van der Waals surface area contributed by atoms with Crippen LogP contribution in [0.1, 0.15) is 5.56 Å². The van der Waals surface area contributed by atoms with Gasteiger partial charge >= 0.3 is 0 Å². The maximum Gasteiger partial charge on any atom is 0.119 e. The molecule has 4 aromatic rings. The fourth-order valence-corrected chi connectivity index (χ4v) is 2.90. The second kappa shape index (κ2) is 7.10. The smallest absolute Gasteiger partial charge is 0.119 e. The van der Waals surface area contributed by atoms with E-state index in [-0.39, 0.29) is 0 Å². The monoisotopic (exact) mass is 325 g/mol. The first kappa shape index (κ1) is 15.3. The highest BCUT2D eigenvalue weighted by Crippen LogP contribution is 2.23. The molecule has 0 atom stereocenters. The van der Waals surface area contributed by atoms with E-state index in [4.69, 9.17) is 4.74 Å². The Balaban J connectivity index is 1.44. The van der Waals surface area contributed by atoms with Crippen molar-refractivity contribution < 1.29 is 4.74 Å². The van der Waals surface area contributed by atoms with Gasteiger partial charge in [-0.3, -0.25) is 0 Å². The summed E-state index contributed by atoms with van der Waals surface area (Å²) in [5, 5.41) is 5.86. The molecule has 0 saturated carbocycles. The van der Waals surface area contributed by atoms with Gasteiger partial charge in [-0.15, -0.1) is 0 Å². The molecule has 0 radical (unpaired) electrons. The third-order valence-electron chi connectivity index (χ3n) is 4.19. The van der Waals surface area contributed by atoms with E-state index in [1.165, 1.54) is 16.3 Å². The van der Waals surface area contributed by atoms with Crippen molar-refractivity contribution in [3.8, 4) is 5.75 Å².